The molecule has 1 aromatic rings. The molecule has 0 saturated carbocycles. The highest BCUT2D eigenvalue weighted by atomic mass is 16.5. The molecule has 1 aliphatic rings. The van der Waals surface area contributed by atoms with Crippen molar-refractivity contribution in [3.05, 3.63) is 48.0 Å². The molecule has 1 aliphatic heterocycles. The molecule has 16 heavy (non-hydrogen) atoms. The van der Waals surface area contributed by atoms with Crippen molar-refractivity contribution in [2.45, 2.75) is 38.9 Å². The molecular formula is C15H20O. The maximum atomic E-state index is 6.09. The molecule has 0 N–H and O–H groups in total. The van der Waals surface area contributed by atoms with Gasteiger partial charge in [-0.25, -0.2) is 0 Å². The SMILES string of the molecule is C=C(C)[C@@H]1CC[C@@H](C)O[C@@H]1c1ccccc1. The van der Waals surface area contributed by atoms with Crippen molar-refractivity contribution < 1.29 is 4.74 Å². The molecule has 1 nitrogen and oxygen atoms in total. The van der Waals surface area contributed by atoms with E-state index in [2.05, 4.69) is 44.7 Å². The summed E-state index contributed by atoms with van der Waals surface area (Å²) in [6.07, 6.45) is 2.89. The predicted molar refractivity (Wildman–Crippen MR) is 67.3 cm³/mol. The van der Waals surface area contributed by atoms with E-state index < -0.39 is 0 Å². The first-order chi connectivity index (χ1) is 7.68. The summed E-state index contributed by atoms with van der Waals surface area (Å²) in [6, 6.07) is 10.5. The summed E-state index contributed by atoms with van der Waals surface area (Å²) in [5.41, 5.74) is 2.52. The van der Waals surface area contributed by atoms with Crippen molar-refractivity contribution in [3.63, 3.8) is 0 Å². The maximum Gasteiger partial charge on any atom is 0.0893 e. The summed E-state index contributed by atoms with van der Waals surface area (Å²) in [6.45, 7) is 8.37. The largest absolute Gasteiger partial charge is 0.370 e. The zero-order chi connectivity index (χ0) is 11.5. The molecule has 0 amide bonds. The first kappa shape index (κ1) is 11.4. The van der Waals surface area contributed by atoms with Gasteiger partial charge in [0.05, 0.1) is 12.2 Å². The fraction of sp³-hybridized carbons (Fsp3) is 0.467. The normalized spacial score (nSPS) is 30.0. The van der Waals surface area contributed by atoms with Crippen molar-refractivity contribution in [2.75, 3.05) is 0 Å². The Labute approximate surface area is 98.1 Å². The van der Waals surface area contributed by atoms with Crippen LogP contribution in [0.4, 0.5) is 0 Å². The van der Waals surface area contributed by atoms with Crippen LogP contribution in [0.5, 0.6) is 0 Å². The molecule has 86 valence electrons. The van der Waals surface area contributed by atoms with Crippen LogP contribution in [0, 0.1) is 5.92 Å². The molecule has 1 heteroatoms. The summed E-state index contributed by atoms with van der Waals surface area (Å²) in [7, 11) is 0. The van der Waals surface area contributed by atoms with Gasteiger partial charge in [0.2, 0.25) is 0 Å². The molecule has 1 heterocycles. The van der Waals surface area contributed by atoms with Gasteiger partial charge < -0.3 is 4.74 Å². The topological polar surface area (TPSA) is 9.23 Å². The lowest BCUT2D eigenvalue weighted by atomic mass is 9.83. The number of rotatable bonds is 2. The molecule has 0 unspecified atom stereocenters. The Morgan fingerprint density at radius 2 is 1.94 bits per heavy atom. The minimum atomic E-state index is 0.197. The molecule has 1 fully saturated rings. The van der Waals surface area contributed by atoms with E-state index in [1.54, 1.807) is 0 Å². The first-order valence-corrected chi connectivity index (χ1v) is 6.04. The van der Waals surface area contributed by atoms with Crippen molar-refractivity contribution in [1.29, 1.82) is 0 Å². The Morgan fingerprint density at radius 3 is 2.56 bits per heavy atom. The van der Waals surface area contributed by atoms with Gasteiger partial charge in [0.15, 0.2) is 0 Å². The minimum absolute atomic E-state index is 0.197. The second kappa shape index (κ2) is 4.84. The third-order valence-electron chi connectivity index (χ3n) is 3.39. The smallest absolute Gasteiger partial charge is 0.0893 e. The van der Waals surface area contributed by atoms with Crippen LogP contribution >= 0.6 is 0 Å². The second-order valence-electron chi connectivity index (χ2n) is 4.81. The van der Waals surface area contributed by atoms with E-state index in [-0.39, 0.29) is 6.10 Å². The highest BCUT2D eigenvalue weighted by molar-refractivity contribution is 5.21. The first-order valence-electron chi connectivity index (χ1n) is 6.04. The van der Waals surface area contributed by atoms with E-state index in [4.69, 9.17) is 4.74 Å². The van der Waals surface area contributed by atoms with Crippen LogP contribution in [-0.2, 0) is 4.74 Å². The lowest BCUT2D eigenvalue weighted by molar-refractivity contribution is -0.0672. The third-order valence-corrected chi connectivity index (χ3v) is 3.39. The molecule has 3 atom stereocenters. The molecule has 0 aromatic heterocycles. The van der Waals surface area contributed by atoms with E-state index in [1.807, 2.05) is 6.07 Å². The van der Waals surface area contributed by atoms with Gasteiger partial charge in [-0.1, -0.05) is 42.5 Å². The van der Waals surface area contributed by atoms with Crippen LogP contribution in [0.1, 0.15) is 38.4 Å². The summed E-state index contributed by atoms with van der Waals surface area (Å²) in [5, 5.41) is 0. The van der Waals surface area contributed by atoms with Gasteiger partial charge in [-0.3, -0.25) is 0 Å². The summed E-state index contributed by atoms with van der Waals surface area (Å²) in [5.74, 6) is 0.471. The minimum Gasteiger partial charge on any atom is -0.370 e. The fourth-order valence-electron chi connectivity index (χ4n) is 2.44. The van der Waals surface area contributed by atoms with Gasteiger partial charge in [0.1, 0.15) is 0 Å². The molecule has 0 aliphatic carbocycles. The Bertz CT molecular complexity index is 355. The van der Waals surface area contributed by atoms with Crippen molar-refractivity contribution >= 4 is 0 Å². The second-order valence-corrected chi connectivity index (χ2v) is 4.81. The highest BCUT2D eigenvalue weighted by Crippen LogP contribution is 2.39. The molecule has 0 radical (unpaired) electrons. The average Bonchev–Trinajstić information content (AvgIpc) is 2.29. The van der Waals surface area contributed by atoms with Crippen LogP contribution in [0.15, 0.2) is 42.5 Å². The van der Waals surface area contributed by atoms with Crippen LogP contribution in [-0.4, -0.2) is 6.10 Å². The fourth-order valence-corrected chi connectivity index (χ4v) is 2.44. The Kier molecular flexibility index (Phi) is 3.45. The Morgan fingerprint density at radius 1 is 1.25 bits per heavy atom. The van der Waals surface area contributed by atoms with Gasteiger partial charge in [-0.05, 0) is 32.3 Å². The number of hydrogen-bond donors (Lipinski definition) is 0. The van der Waals surface area contributed by atoms with Crippen LogP contribution in [0.2, 0.25) is 0 Å². The quantitative estimate of drug-likeness (QED) is 0.676. The molecule has 1 saturated heterocycles. The average molecular weight is 216 g/mol. The monoisotopic (exact) mass is 216 g/mol. The van der Waals surface area contributed by atoms with E-state index in [0.717, 1.165) is 6.42 Å². The summed E-state index contributed by atoms with van der Waals surface area (Å²) < 4.78 is 6.09. The van der Waals surface area contributed by atoms with Gasteiger partial charge in [-0.2, -0.15) is 0 Å². The maximum absolute atomic E-state index is 6.09. The van der Waals surface area contributed by atoms with Crippen molar-refractivity contribution in [2.24, 2.45) is 5.92 Å². The number of ether oxygens (including phenoxy) is 1. The standard InChI is InChI=1S/C15H20O/c1-11(2)14-10-9-12(3)16-15(14)13-7-5-4-6-8-13/h4-8,12,14-15H,1,9-10H2,2-3H3/t12-,14+,15-/m1/s1. The lowest BCUT2D eigenvalue weighted by Crippen LogP contribution is -2.28. The zero-order valence-electron chi connectivity index (χ0n) is 10.1. The van der Waals surface area contributed by atoms with E-state index in [9.17, 15) is 0 Å². The molecular weight excluding hydrogens is 196 g/mol. The van der Waals surface area contributed by atoms with Gasteiger partial charge in [0.25, 0.3) is 0 Å². The number of hydrogen-bond acceptors (Lipinski definition) is 1. The summed E-state index contributed by atoms with van der Waals surface area (Å²) in [4.78, 5) is 0. The zero-order valence-corrected chi connectivity index (χ0v) is 10.1. The van der Waals surface area contributed by atoms with Crippen molar-refractivity contribution in [3.8, 4) is 0 Å². The van der Waals surface area contributed by atoms with Gasteiger partial charge in [-0.15, -0.1) is 0 Å². The predicted octanol–water partition coefficient (Wildman–Crippen LogP) is 4.12. The highest BCUT2D eigenvalue weighted by Gasteiger charge is 2.30. The lowest BCUT2D eigenvalue weighted by Gasteiger charge is -2.36. The van der Waals surface area contributed by atoms with Crippen LogP contribution in [0.25, 0.3) is 0 Å². The van der Waals surface area contributed by atoms with Crippen LogP contribution in [0.3, 0.4) is 0 Å². The Balaban J connectivity index is 2.24. The number of benzene rings is 1. The summed E-state index contributed by atoms with van der Waals surface area (Å²) >= 11 is 0. The molecule has 0 bridgehead atoms. The van der Waals surface area contributed by atoms with E-state index in [1.165, 1.54) is 17.6 Å². The molecule has 0 spiro atoms. The van der Waals surface area contributed by atoms with Gasteiger partial charge >= 0.3 is 0 Å². The van der Waals surface area contributed by atoms with Crippen LogP contribution < -0.4 is 0 Å². The van der Waals surface area contributed by atoms with E-state index in [0.29, 0.717) is 12.0 Å². The molecule has 2 rings (SSSR count). The van der Waals surface area contributed by atoms with E-state index >= 15 is 0 Å². The Hall–Kier alpha value is -1.08. The molecule has 1 aromatic carbocycles. The van der Waals surface area contributed by atoms with Crippen molar-refractivity contribution in [1.82, 2.24) is 0 Å². The third kappa shape index (κ3) is 2.35. The van der Waals surface area contributed by atoms with Gasteiger partial charge in [0, 0.05) is 5.92 Å².